The second kappa shape index (κ2) is 12.2. The lowest BCUT2D eigenvalue weighted by molar-refractivity contribution is 0.0677. The van der Waals surface area contributed by atoms with Gasteiger partial charge in [-0.2, -0.15) is 0 Å². The number of aromatic carboxylic acids is 2. The fourth-order valence-corrected chi connectivity index (χ4v) is 7.01. The number of nitrogens with zero attached hydrogens (tertiary/aromatic N) is 4. The Balaban J connectivity index is 1.19. The van der Waals surface area contributed by atoms with E-state index in [9.17, 15) is 24.6 Å². The van der Waals surface area contributed by atoms with Crippen LogP contribution < -0.4 is 10.2 Å². The number of rotatable bonds is 8. The van der Waals surface area contributed by atoms with Crippen molar-refractivity contribution >= 4 is 50.3 Å². The monoisotopic (exact) mass is 643 g/mol. The van der Waals surface area contributed by atoms with Crippen molar-refractivity contribution in [3.05, 3.63) is 130 Å². The number of hydrogen-bond donors (Lipinski definition) is 3. The average molecular weight is 644 g/mol. The summed E-state index contributed by atoms with van der Waals surface area (Å²) in [6.07, 6.45) is 0.646. The molecule has 0 bridgehead atoms. The van der Waals surface area contributed by atoms with Gasteiger partial charge in [0.1, 0.15) is 11.5 Å². The number of carbonyl (C=O) groups is 3. The van der Waals surface area contributed by atoms with Crippen LogP contribution in [0, 0.1) is 6.92 Å². The third-order valence-corrected chi connectivity index (χ3v) is 9.45. The largest absolute Gasteiger partial charge is 0.477 e. The number of aromatic nitrogens is 3. The first-order valence-electron chi connectivity index (χ1n) is 15.0. The molecule has 1 aliphatic heterocycles. The van der Waals surface area contributed by atoms with Crippen LogP contribution >= 0.6 is 11.3 Å². The highest BCUT2D eigenvalue weighted by Gasteiger charge is 2.27. The summed E-state index contributed by atoms with van der Waals surface area (Å²) in [7, 11) is 0. The highest BCUT2D eigenvalue weighted by Crippen LogP contribution is 2.34. The number of benzene rings is 3. The average Bonchev–Trinajstić information content (AvgIpc) is 3.64. The molecular weight excluding hydrogens is 614 g/mol. The Bertz CT molecular complexity index is 2160. The predicted octanol–water partition coefficient (Wildman–Crippen LogP) is 6.73. The van der Waals surface area contributed by atoms with Crippen LogP contribution in [0.25, 0.3) is 21.3 Å². The molecule has 3 aromatic carbocycles. The normalized spacial score (nSPS) is 12.6. The second-order valence-electron chi connectivity index (χ2n) is 11.3. The van der Waals surface area contributed by atoms with Crippen molar-refractivity contribution in [2.24, 2.45) is 0 Å². The van der Waals surface area contributed by atoms with E-state index in [1.54, 1.807) is 29.7 Å². The molecule has 0 fully saturated rings. The van der Waals surface area contributed by atoms with Gasteiger partial charge in [-0.3, -0.25) is 10.1 Å². The Hall–Kier alpha value is -5.81. The number of pyridine rings is 1. The first kappa shape index (κ1) is 29.9. The number of carbonyl (C=O) groups excluding carboxylic acids is 1. The van der Waals surface area contributed by atoms with Crippen LogP contribution in [0.1, 0.15) is 53.7 Å². The molecule has 47 heavy (non-hydrogen) atoms. The molecule has 0 saturated heterocycles. The quantitative estimate of drug-likeness (QED) is 0.166. The molecule has 6 aromatic rings. The minimum atomic E-state index is -1.22. The van der Waals surface area contributed by atoms with Crippen LogP contribution in [0.15, 0.2) is 91.0 Å². The summed E-state index contributed by atoms with van der Waals surface area (Å²) in [6, 6.07) is 27.8. The van der Waals surface area contributed by atoms with Gasteiger partial charge in [0, 0.05) is 42.0 Å². The molecule has 1 amide bonds. The summed E-state index contributed by atoms with van der Waals surface area (Å²) < 4.78 is 2.66. The minimum Gasteiger partial charge on any atom is -0.477 e. The van der Waals surface area contributed by atoms with Crippen molar-refractivity contribution in [3.8, 4) is 11.1 Å². The zero-order valence-electron chi connectivity index (χ0n) is 25.3. The van der Waals surface area contributed by atoms with E-state index in [-0.39, 0.29) is 17.3 Å². The van der Waals surface area contributed by atoms with E-state index in [0.717, 1.165) is 26.9 Å². The number of para-hydroxylation sites is 1. The zero-order valence-corrected chi connectivity index (χ0v) is 26.1. The number of thiazole rings is 1. The van der Waals surface area contributed by atoms with E-state index >= 15 is 0 Å². The molecule has 3 N–H and O–H groups in total. The van der Waals surface area contributed by atoms with Crippen LogP contribution in [0.2, 0.25) is 0 Å². The number of fused-ring (bicyclic) bond motifs is 2. The second-order valence-corrected chi connectivity index (χ2v) is 12.4. The Morgan fingerprint density at radius 2 is 1.66 bits per heavy atom. The maximum Gasteiger partial charge on any atom is 0.355 e. The number of carboxylic acids is 2. The summed E-state index contributed by atoms with van der Waals surface area (Å²) >= 11 is 1.41. The maximum absolute atomic E-state index is 13.5. The van der Waals surface area contributed by atoms with Gasteiger partial charge in [0.15, 0.2) is 10.8 Å². The summed E-state index contributed by atoms with van der Waals surface area (Å²) in [4.78, 5) is 49.3. The lowest BCUT2D eigenvalue weighted by Gasteiger charge is -2.31. The van der Waals surface area contributed by atoms with Crippen molar-refractivity contribution in [2.75, 3.05) is 16.8 Å². The number of amides is 1. The van der Waals surface area contributed by atoms with Gasteiger partial charge >= 0.3 is 11.9 Å². The third-order valence-electron chi connectivity index (χ3n) is 8.50. The van der Waals surface area contributed by atoms with Gasteiger partial charge in [-0.1, -0.05) is 65.9 Å². The Kier molecular flexibility index (Phi) is 7.74. The molecule has 0 spiro atoms. The zero-order chi connectivity index (χ0) is 32.7. The minimum absolute atomic E-state index is 0.0612. The SMILES string of the molecule is Cc1c(-c2ccc(N3CCc4cccc(C(=O)Nc5nc6ccccc6s5)c4C3)nc2C(=O)O)cc(C(=O)O)n1Cc1ccccc1. The Labute approximate surface area is 273 Å². The van der Waals surface area contributed by atoms with Crippen molar-refractivity contribution < 1.29 is 24.6 Å². The number of nitrogens with one attached hydrogen (secondary N) is 1. The van der Waals surface area contributed by atoms with Crippen LogP contribution in [0.4, 0.5) is 10.9 Å². The summed E-state index contributed by atoms with van der Waals surface area (Å²) in [5, 5.41) is 23.7. The fraction of sp³-hybridized carbons (Fsp3) is 0.139. The molecule has 0 radical (unpaired) electrons. The molecule has 7 rings (SSSR count). The van der Waals surface area contributed by atoms with E-state index < -0.39 is 11.9 Å². The number of anilines is 2. The van der Waals surface area contributed by atoms with Gasteiger partial charge < -0.3 is 19.7 Å². The molecule has 4 heterocycles. The highest BCUT2D eigenvalue weighted by atomic mass is 32.1. The van der Waals surface area contributed by atoms with Crippen LogP contribution in [-0.4, -0.2) is 49.1 Å². The van der Waals surface area contributed by atoms with Gasteiger partial charge in [-0.15, -0.1) is 0 Å². The van der Waals surface area contributed by atoms with Crippen molar-refractivity contribution in [1.29, 1.82) is 0 Å². The van der Waals surface area contributed by atoms with E-state index in [1.807, 2.05) is 71.6 Å². The summed E-state index contributed by atoms with van der Waals surface area (Å²) in [5.41, 5.74) is 5.50. The van der Waals surface area contributed by atoms with Crippen LogP contribution in [-0.2, 0) is 19.5 Å². The number of hydrogen-bond acceptors (Lipinski definition) is 7. The fourth-order valence-electron chi connectivity index (χ4n) is 6.15. The molecule has 11 heteroatoms. The lowest BCUT2D eigenvalue weighted by atomic mass is 9.94. The third kappa shape index (κ3) is 5.72. The smallest absolute Gasteiger partial charge is 0.355 e. The molecule has 0 saturated carbocycles. The van der Waals surface area contributed by atoms with E-state index in [4.69, 9.17) is 0 Å². The molecule has 0 atom stereocenters. The van der Waals surface area contributed by atoms with Gasteiger partial charge in [0.05, 0.1) is 10.2 Å². The van der Waals surface area contributed by atoms with Gasteiger partial charge in [0.2, 0.25) is 0 Å². The molecule has 234 valence electrons. The van der Waals surface area contributed by atoms with E-state index in [0.29, 0.717) is 59.4 Å². The van der Waals surface area contributed by atoms with Crippen LogP contribution in [0.5, 0.6) is 0 Å². The van der Waals surface area contributed by atoms with Gasteiger partial charge in [-0.05, 0) is 66.4 Å². The topological polar surface area (TPSA) is 138 Å². The first-order valence-corrected chi connectivity index (χ1v) is 15.8. The highest BCUT2D eigenvalue weighted by molar-refractivity contribution is 7.22. The standard InChI is InChI=1S/C36H29N5O5S/c1-21-26(18-29(34(43)44)41(21)19-22-8-3-2-4-9-22)24-14-15-31(38-32(24)35(45)46)40-17-16-23-10-7-11-25(27(23)20-40)33(42)39-36-37-28-12-5-6-13-30(28)47-36/h2-15,18H,16-17,19-20H2,1H3,(H,43,44)(H,45,46)(H,37,39,42). The molecule has 1 aliphatic rings. The van der Waals surface area contributed by atoms with Crippen molar-refractivity contribution in [2.45, 2.75) is 26.4 Å². The summed E-state index contributed by atoms with van der Waals surface area (Å²) in [5.74, 6) is -2.13. The number of carboxylic acid groups (broad SMARTS) is 2. The first-order chi connectivity index (χ1) is 22.8. The van der Waals surface area contributed by atoms with Crippen LogP contribution in [0.3, 0.4) is 0 Å². The Morgan fingerprint density at radius 3 is 2.43 bits per heavy atom. The van der Waals surface area contributed by atoms with Gasteiger partial charge in [0.25, 0.3) is 5.91 Å². The molecule has 10 nitrogen and oxygen atoms in total. The molecule has 0 unspecified atom stereocenters. The lowest BCUT2D eigenvalue weighted by Crippen LogP contribution is -2.33. The van der Waals surface area contributed by atoms with Crippen molar-refractivity contribution in [3.63, 3.8) is 0 Å². The van der Waals surface area contributed by atoms with Crippen molar-refractivity contribution in [1.82, 2.24) is 14.5 Å². The molecule has 3 aromatic heterocycles. The Morgan fingerprint density at radius 1 is 0.872 bits per heavy atom. The predicted molar refractivity (Wildman–Crippen MR) is 181 cm³/mol. The summed E-state index contributed by atoms with van der Waals surface area (Å²) in [6.45, 7) is 3.05. The molecular formula is C36H29N5O5S. The maximum atomic E-state index is 13.5. The molecule has 0 aliphatic carbocycles. The van der Waals surface area contributed by atoms with E-state index in [2.05, 4.69) is 15.3 Å². The van der Waals surface area contributed by atoms with E-state index in [1.165, 1.54) is 17.4 Å². The van der Waals surface area contributed by atoms with Gasteiger partial charge in [-0.25, -0.2) is 19.6 Å².